The van der Waals surface area contributed by atoms with Crippen LogP contribution in [-0.4, -0.2) is 2.50 Å². The van der Waals surface area contributed by atoms with Crippen molar-refractivity contribution in [2.24, 2.45) is 0 Å². The normalized spacial score (nSPS) is 7.40. The van der Waals surface area contributed by atoms with Crippen LogP contribution in [0.15, 0.2) is 0 Å². The maximum atomic E-state index is 4.86. The first-order valence-electron chi connectivity index (χ1n) is 0.479. The Kier molecular flexibility index (Phi) is 11.9. The van der Waals surface area contributed by atoms with Gasteiger partial charge in [-0.25, -0.2) is 0 Å². The van der Waals surface area contributed by atoms with Gasteiger partial charge in [-0.05, 0) is 0 Å². The second-order valence-corrected chi connectivity index (χ2v) is 3.20. The summed E-state index contributed by atoms with van der Waals surface area (Å²) < 4.78 is 0.917. The molecule has 0 N–H and O–H groups in total. The molecule has 0 aliphatic carbocycles. The molecule has 0 amide bonds. The zero-order valence-corrected chi connectivity index (χ0v) is 7.89. The Hall–Kier alpha value is 1.92. The third-order valence-electron chi connectivity index (χ3n) is 0. The number of hydrogen-bond acceptors (Lipinski definition) is 1. The average Bonchev–Trinajstić information content (AvgIpc) is 0.811. The zero-order valence-electron chi connectivity index (χ0n) is 1.84. The first kappa shape index (κ1) is 10.0. The van der Waals surface area contributed by atoms with Crippen LogP contribution in [-0.2, 0) is 41.1 Å². The van der Waals surface area contributed by atoms with Crippen LogP contribution in [0, 0.1) is 0 Å². The van der Waals surface area contributed by atoms with Crippen LogP contribution in [0.5, 0.6) is 0 Å². The third-order valence-corrected chi connectivity index (χ3v) is 0. The van der Waals surface area contributed by atoms with E-state index in [1.54, 1.807) is 20.1 Å². The van der Waals surface area contributed by atoms with Crippen molar-refractivity contribution in [3.8, 4) is 0 Å². The number of nitrogens with zero attached hydrogens (tertiary/aromatic N) is 1. The topological polar surface area (TPSA) is 3.24 Å². The van der Waals surface area contributed by atoms with Gasteiger partial charge < -0.3 is 0 Å². The van der Waals surface area contributed by atoms with E-state index < -0.39 is 0 Å². The molecule has 0 aliphatic rings. The molecule has 0 aromatic rings. The SMILES string of the molecule is Cl[N](Cl)[Pt].[Pt]. The summed E-state index contributed by atoms with van der Waals surface area (Å²) in [5.74, 6) is 0. The van der Waals surface area contributed by atoms with Gasteiger partial charge >= 0.3 is 46.1 Å². The smallest absolute Gasteiger partial charge is 0 e. The fraction of sp³-hybridized carbons (Fsp3) is 0. The van der Waals surface area contributed by atoms with E-state index in [1.165, 1.54) is 0 Å². The van der Waals surface area contributed by atoms with E-state index in [2.05, 4.69) is 0 Å². The van der Waals surface area contributed by atoms with E-state index in [0.717, 1.165) is 2.50 Å². The Balaban J connectivity index is 0. The van der Waals surface area contributed by atoms with Crippen LogP contribution >= 0.6 is 23.6 Å². The third kappa shape index (κ3) is 24.7. The fourth-order valence-corrected chi connectivity index (χ4v) is 0. The van der Waals surface area contributed by atoms with Crippen molar-refractivity contribution in [2.75, 3.05) is 0 Å². The molecule has 1 nitrogen and oxygen atoms in total. The molecule has 0 aromatic heterocycles. The van der Waals surface area contributed by atoms with Gasteiger partial charge in [0.05, 0.1) is 0 Å². The van der Waals surface area contributed by atoms with Crippen molar-refractivity contribution in [3.63, 3.8) is 0 Å². The molecule has 0 rings (SSSR count). The summed E-state index contributed by atoms with van der Waals surface area (Å²) in [6, 6.07) is 0. The van der Waals surface area contributed by atoms with Gasteiger partial charge in [0.25, 0.3) is 0 Å². The summed E-state index contributed by atoms with van der Waals surface area (Å²) in [5.41, 5.74) is 0. The molecule has 0 atom stereocenters. The van der Waals surface area contributed by atoms with Crippen LogP contribution in [0.3, 0.4) is 0 Å². The predicted molar refractivity (Wildman–Crippen MR) is 13.5 cm³/mol. The maximum Gasteiger partial charge on any atom is 0 e. The minimum atomic E-state index is 0. The minimum absolute atomic E-state index is 0. The molecule has 0 aromatic carbocycles. The zero-order chi connectivity index (χ0) is 3.58. The molecule has 39 valence electrons. The van der Waals surface area contributed by atoms with Gasteiger partial charge in [0.1, 0.15) is 0 Å². The van der Waals surface area contributed by atoms with Crippen molar-refractivity contribution in [3.05, 3.63) is 0 Å². The van der Waals surface area contributed by atoms with Gasteiger partial charge in [0.2, 0.25) is 0 Å². The van der Waals surface area contributed by atoms with Crippen molar-refractivity contribution >= 4 is 23.6 Å². The summed E-state index contributed by atoms with van der Waals surface area (Å²) in [6.07, 6.45) is 0. The van der Waals surface area contributed by atoms with E-state index in [-0.39, 0.29) is 21.1 Å². The van der Waals surface area contributed by atoms with Crippen LogP contribution in [0.1, 0.15) is 0 Å². The van der Waals surface area contributed by atoms with Gasteiger partial charge in [0, 0.05) is 21.1 Å². The van der Waals surface area contributed by atoms with E-state index in [1.807, 2.05) is 0 Å². The van der Waals surface area contributed by atoms with Crippen LogP contribution in [0.2, 0.25) is 0 Å². The molecule has 0 saturated heterocycles. The van der Waals surface area contributed by atoms with Gasteiger partial charge in [-0.15, -0.1) is 0 Å². The molecule has 0 radical (unpaired) electrons. The molecule has 0 aliphatic heterocycles. The Morgan fingerprint density at radius 1 is 1.40 bits per heavy atom. The fourth-order valence-electron chi connectivity index (χ4n) is 0. The van der Waals surface area contributed by atoms with Crippen molar-refractivity contribution < 1.29 is 41.1 Å². The quantitative estimate of drug-likeness (QED) is 0.474. The monoisotopic (exact) mass is 474 g/mol. The summed E-state index contributed by atoms with van der Waals surface area (Å²) in [4.78, 5) is 0. The minimum Gasteiger partial charge on any atom is 0 e. The van der Waals surface area contributed by atoms with E-state index >= 15 is 0 Å². The number of rotatable bonds is 0. The number of hydrogen-bond donors (Lipinski definition) is 0. The molecule has 0 saturated carbocycles. The first-order chi connectivity index (χ1) is 1.73. The molecule has 0 heterocycles. The van der Waals surface area contributed by atoms with Gasteiger partial charge in [-0.1, -0.05) is 0 Å². The molecule has 0 unspecified atom stereocenters. The first-order valence-corrected chi connectivity index (χ1v) is 2.17. The van der Waals surface area contributed by atoms with Crippen molar-refractivity contribution in [1.82, 2.24) is 2.50 Å². The second-order valence-electron chi connectivity index (χ2n) is 0.171. The summed E-state index contributed by atoms with van der Waals surface area (Å²) >= 11 is 11.4. The van der Waals surface area contributed by atoms with E-state index in [4.69, 9.17) is 23.6 Å². The second kappa shape index (κ2) is 5.92. The van der Waals surface area contributed by atoms with Crippen LogP contribution < -0.4 is 0 Å². The Morgan fingerprint density at radius 2 is 1.40 bits per heavy atom. The van der Waals surface area contributed by atoms with Crippen molar-refractivity contribution in [1.29, 1.82) is 0 Å². The predicted octanol–water partition coefficient (Wildman–Crippen LogP) is 1.06. The molecule has 0 bridgehead atoms. The maximum absolute atomic E-state index is 4.86. The van der Waals surface area contributed by atoms with Gasteiger partial charge in [0.15, 0.2) is 0 Å². The summed E-state index contributed by atoms with van der Waals surface area (Å²) in [6.45, 7) is 0. The largest absolute Gasteiger partial charge is 0 e. The van der Waals surface area contributed by atoms with E-state index in [0.29, 0.717) is 0 Å². The van der Waals surface area contributed by atoms with Gasteiger partial charge in [-0.2, -0.15) is 0 Å². The summed E-state index contributed by atoms with van der Waals surface area (Å²) in [5, 5.41) is 0. The number of halogens is 2. The van der Waals surface area contributed by atoms with Gasteiger partial charge in [-0.3, -0.25) is 0 Å². The molecule has 0 spiro atoms. The Morgan fingerprint density at radius 3 is 1.40 bits per heavy atom. The molecule has 5 heteroatoms. The summed E-state index contributed by atoms with van der Waals surface area (Å²) in [7, 11) is 0. The van der Waals surface area contributed by atoms with Crippen molar-refractivity contribution in [2.45, 2.75) is 0 Å². The molecular formula is Cl2NPt2. The molecule has 5 heavy (non-hydrogen) atoms. The van der Waals surface area contributed by atoms with Crippen LogP contribution in [0.4, 0.5) is 0 Å². The molecular weight excluding hydrogens is 475 g/mol. The average molecular weight is 475 g/mol. The van der Waals surface area contributed by atoms with E-state index in [9.17, 15) is 0 Å². The Bertz CT molecular complexity index is 12.4. The molecule has 0 fully saturated rings. The van der Waals surface area contributed by atoms with Crippen LogP contribution in [0.25, 0.3) is 0 Å². The standard InChI is InChI=1S/Cl2N.2Pt/c1-3-2;;/q-1;;+1. The Labute approximate surface area is 66.7 Å².